The van der Waals surface area contributed by atoms with Crippen molar-refractivity contribution in [3.63, 3.8) is 0 Å². The quantitative estimate of drug-likeness (QED) is 0.134. The first-order chi connectivity index (χ1) is 21.5. The van der Waals surface area contributed by atoms with E-state index < -0.39 is 0 Å². The standard InChI is InChI=1S/C34H30N4O3S3/c1-3-41-24-15-13-23(14-16-24)38-33(40)30-25-6-4-5-7-27(25)43-32(30)37-34(38)42-19-29(39)35-22-11-9-21(10-12-22)31-36-26-17-8-20(2)18-28(26)44-31/h8-18H,3-7,19H2,1-2H3,(H,35,39). The molecule has 0 radical (unpaired) electrons. The van der Waals surface area contributed by atoms with Crippen molar-refractivity contribution in [3.05, 3.63) is 93.1 Å². The molecule has 222 valence electrons. The molecule has 1 aliphatic rings. The van der Waals surface area contributed by atoms with Gasteiger partial charge in [-0.25, -0.2) is 9.97 Å². The van der Waals surface area contributed by atoms with Crippen LogP contribution in [0.2, 0.25) is 0 Å². The third-order valence-corrected chi connectivity index (χ3v) is 10.8. The summed E-state index contributed by atoms with van der Waals surface area (Å²) in [6, 6.07) is 21.5. The number of thiazole rings is 1. The first-order valence-corrected chi connectivity index (χ1v) is 17.3. The lowest BCUT2D eigenvalue weighted by atomic mass is 9.97. The number of fused-ring (bicyclic) bond motifs is 4. The maximum atomic E-state index is 14.0. The molecule has 6 aromatic rings. The Morgan fingerprint density at radius 1 is 1.00 bits per heavy atom. The number of nitrogens with one attached hydrogen (secondary N) is 1. The van der Waals surface area contributed by atoms with Gasteiger partial charge >= 0.3 is 0 Å². The molecule has 10 heteroatoms. The molecule has 3 aromatic heterocycles. The lowest BCUT2D eigenvalue weighted by Crippen LogP contribution is -2.23. The fourth-order valence-corrected chi connectivity index (χ4v) is 8.73. The summed E-state index contributed by atoms with van der Waals surface area (Å²) < 4.78 is 8.42. The third-order valence-electron chi connectivity index (χ3n) is 7.66. The van der Waals surface area contributed by atoms with E-state index in [0.29, 0.717) is 23.1 Å². The molecule has 3 aromatic carbocycles. The normalized spacial score (nSPS) is 12.9. The monoisotopic (exact) mass is 638 g/mol. The van der Waals surface area contributed by atoms with Gasteiger partial charge in [0.05, 0.1) is 33.6 Å². The predicted octanol–water partition coefficient (Wildman–Crippen LogP) is 8.04. The molecule has 0 bridgehead atoms. The summed E-state index contributed by atoms with van der Waals surface area (Å²) in [6.07, 6.45) is 4.11. The molecule has 7 nitrogen and oxygen atoms in total. The molecular weight excluding hydrogens is 609 g/mol. The number of ether oxygens (including phenoxy) is 1. The number of aryl methyl sites for hydroxylation is 3. The molecule has 0 saturated heterocycles. The number of hydrogen-bond donors (Lipinski definition) is 1. The minimum absolute atomic E-state index is 0.0814. The highest BCUT2D eigenvalue weighted by molar-refractivity contribution is 7.99. The van der Waals surface area contributed by atoms with E-state index in [9.17, 15) is 9.59 Å². The number of thioether (sulfide) groups is 1. The molecule has 0 fully saturated rings. The molecule has 44 heavy (non-hydrogen) atoms. The first-order valence-electron chi connectivity index (χ1n) is 14.7. The Hall–Kier alpha value is -3.99. The average molecular weight is 639 g/mol. The van der Waals surface area contributed by atoms with Crippen molar-refractivity contribution in [3.8, 4) is 22.0 Å². The number of aromatic nitrogens is 3. The van der Waals surface area contributed by atoms with Gasteiger partial charge in [-0.3, -0.25) is 14.2 Å². The van der Waals surface area contributed by atoms with Crippen molar-refractivity contribution in [1.29, 1.82) is 0 Å². The van der Waals surface area contributed by atoms with Crippen LogP contribution in [0.1, 0.15) is 35.8 Å². The van der Waals surface area contributed by atoms with E-state index in [2.05, 4.69) is 24.4 Å². The SMILES string of the molecule is CCOc1ccc(-n2c(SCC(=O)Nc3ccc(-c4nc5ccc(C)cc5s4)cc3)nc3sc4c(c3c2=O)CCCC4)cc1. The number of rotatable bonds is 8. The van der Waals surface area contributed by atoms with Crippen molar-refractivity contribution < 1.29 is 9.53 Å². The van der Waals surface area contributed by atoms with E-state index in [4.69, 9.17) is 14.7 Å². The summed E-state index contributed by atoms with van der Waals surface area (Å²) in [5, 5.41) is 5.16. The Balaban J connectivity index is 1.12. The van der Waals surface area contributed by atoms with E-state index in [1.807, 2.05) is 61.5 Å². The summed E-state index contributed by atoms with van der Waals surface area (Å²) in [5.74, 6) is 0.680. The van der Waals surface area contributed by atoms with Gasteiger partial charge in [0.1, 0.15) is 15.6 Å². The van der Waals surface area contributed by atoms with E-state index in [-0.39, 0.29) is 17.2 Å². The van der Waals surface area contributed by atoms with Gasteiger partial charge in [0, 0.05) is 16.1 Å². The molecule has 1 N–H and O–H groups in total. The molecular formula is C34H30N4O3S3. The van der Waals surface area contributed by atoms with Gasteiger partial charge < -0.3 is 10.1 Å². The molecule has 0 spiro atoms. The van der Waals surface area contributed by atoms with Crippen molar-refractivity contribution in [1.82, 2.24) is 14.5 Å². The maximum Gasteiger partial charge on any atom is 0.267 e. The van der Waals surface area contributed by atoms with Gasteiger partial charge in [0.2, 0.25) is 5.91 Å². The number of hydrogen-bond acceptors (Lipinski definition) is 8. The van der Waals surface area contributed by atoms with Crippen LogP contribution in [0, 0.1) is 6.92 Å². The van der Waals surface area contributed by atoms with Crippen LogP contribution in [0.25, 0.3) is 36.7 Å². The molecule has 0 atom stereocenters. The molecule has 0 aliphatic heterocycles. The lowest BCUT2D eigenvalue weighted by Gasteiger charge is -2.14. The van der Waals surface area contributed by atoms with Crippen LogP contribution in [-0.4, -0.2) is 32.8 Å². The van der Waals surface area contributed by atoms with Crippen LogP contribution in [0.5, 0.6) is 5.75 Å². The van der Waals surface area contributed by atoms with Crippen LogP contribution in [0.4, 0.5) is 5.69 Å². The van der Waals surface area contributed by atoms with E-state index in [0.717, 1.165) is 68.0 Å². The summed E-state index contributed by atoms with van der Waals surface area (Å²) in [6.45, 7) is 4.58. The van der Waals surface area contributed by atoms with Crippen molar-refractivity contribution in [2.45, 2.75) is 44.7 Å². The van der Waals surface area contributed by atoms with Crippen LogP contribution in [-0.2, 0) is 17.6 Å². The summed E-state index contributed by atoms with van der Waals surface area (Å²) >= 11 is 4.55. The zero-order valence-corrected chi connectivity index (χ0v) is 26.8. The summed E-state index contributed by atoms with van der Waals surface area (Å²) in [7, 11) is 0. The maximum absolute atomic E-state index is 14.0. The van der Waals surface area contributed by atoms with E-state index in [1.165, 1.54) is 22.2 Å². The van der Waals surface area contributed by atoms with Crippen LogP contribution < -0.4 is 15.6 Å². The third kappa shape index (κ3) is 5.65. The van der Waals surface area contributed by atoms with Gasteiger partial charge in [0.15, 0.2) is 5.16 Å². The van der Waals surface area contributed by atoms with Crippen molar-refractivity contribution in [2.75, 3.05) is 17.7 Å². The van der Waals surface area contributed by atoms with Gasteiger partial charge in [-0.05, 0) is 111 Å². The van der Waals surface area contributed by atoms with Crippen LogP contribution >= 0.6 is 34.4 Å². The second-order valence-corrected chi connectivity index (χ2v) is 13.8. The van der Waals surface area contributed by atoms with Gasteiger partial charge in [-0.1, -0.05) is 17.8 Å². The smallest absolute Gasteiger partial charge is 0.267 e. The number of carbonyl (C=O) groups is 1. The Morgan fingerprint density at radius 2 is 1.80 bits per heavy atom. The predicted molar refractivity (Wildman–Crippen MR) is 182 cm³/mol. The van der Waals surface area contributed by atoms with E-state index >= 15 is 0 Å². The Kier molecular flexibility index (Phi) is 7.97. The number of amides is 1. The number of benzene rings is 3. The van der Waals surface area contributed by atoms with Crippen LogP contribution in [0.3, 0.4) is 0 Å². The zero-order valence-electron chi connectivity index (χ0n) is 24.4. The lowest BCUT2D eigenvalue weighted by molar-refractivity contribution is -0.113. The molecule has 3 heterocycles. The second kappa shape index (κ2) is 12.2. The number of carbonyl (C=O) groups excluding carboxylic acids is 1. The average Bonchev–Trinajstić information content (AvgIpc) is 3.62. The first kappa shape index (κ1) is 28.8. The van der Waals surface area contributed by atoms with Gasteiger partial charge in [0.25, 0.3) is 5.56 Å². The molecule has 7 rings (SSSR count). The Morgan fingerprint density at radius 3 is 2.59 bits per heavy atom. The number of nitrogens with zero attached hydrogens (tertiary/aromatic N) is 3. The molecule has 0 saturated carbocycles. The fourth-order valence-electron chi connectivity index (χ4n) is 5.55. The second-order valence-electron chi connectivity index (χ2n) is 10.8. The Labute approximate surface area is 267 Å². The highest BCUT2D eigenvalue weighted by atomic mass is 32.2. The highest BCUT2D eigenvalue weighted by Crippen LogP contribution is 2.36. The van der Waals surface area contributed by atoms with Crippen molar-refractivity contribution in [2.24, 2.45) is 0 Å². The molecule has 1 amide bonds. The van der Waals surface area contributed by atoms with Gasteiger partial charge in [-0.2, -0.15) is 0 Å². The fraction of sp³-hybridized carbons (Fsp3) is 0.235. The van der Waals surface area contributed by atoms with Crippen molar-refractivity contribution >= 4 is 66.5 Å². The number of thiophene rings is 1. The van der Waals surface area contributed by atoms with Gasteiger partial charge in [-0.15, -0.1) is 22.7 Å². The van der Waals surface area contributed by atoms with E-state index in [1.54, 1.807) is 27.2 Å². The Bertz CT molecular complexity index is 2060. The minimum atomic E-state index is -0.170. The molecule has 1 aliphatic carbocycles. The largest absolute Gasteiger partial charge is 0.494 e. The summed E-state index contributed by atoms with van der Waals surface area (Å²) in [5.41, 5.74) is 5.68. The molecule has 0 unspecified atom stereocenters. The zero-order chi connectivity index (χ0) is 30.2. The minimum Gasteiger partial charge on any atom is -0.494 e. The van der Waals surface area contributed by atoms with Crippen LogP contribution in [0.15, 0.2) is 76.7 Å². The topological polar surface area (TPSA) is 86.1 Å². The number of anilines is 1. The summed E-state index contributed by atoms with van der Waals surface area (Å²) in [4.78, 5) is 38.9. The highest BCUT2D eigenvalue weighted by Gasteiger charge is 2.23.